The van der Waals surface area contributed by atoms with E-state index < -0.39 is 0 Å². The van der Waals surface area contributed by atoms with Crippen molar-refractivity contribution in [2.45, 2.75) is 0 Å². The maximum atomic E-state index is 10.3. The molecule has 0 fully saturated rings. The number of nitrogens with zero attached hydrogens (tertiary/aromatic N) is 5. The van der Waals surface area contributed by atoms with Gasteiger partial charge in [0.25, 0.3) is 0 Å². The number of carbonyl (C=O) groups is 1. The molecule has 0 unspecified atom stereocenters. The highest BCUT2D eigenvalue weighted by Gasteiger charge is 1.98. The molecule has 6 nitrogen and oxygen atoms in total. The van der Waals surface area contributed by atoms with Crippen LogP contribution in [0, 0.1) is 0 Å². The molecule has 0 aliphatic carbocycles. The summed E-state index contributed by atoms with van der Waals surface area (Å²) in [4.78, 5) is 18.2. The molecule has 13 heavy (non-hydrogen) atoms. The number of aldehydes is 1. The summed E-state index contributed by atoms with van der Waals surface area (Å²) in [5.74, 6) is 0.440. The fourth-order valence-electron chi connectivity index (χ4n) is 0.829. The molecule has 0 saturated heterocycles. The van der Waals surface area contributed by atoms with Gasteiger partial charge in [0.1, 0.15) is 12.7 Å². The predicted octanol–water partition coefficient (Wildman–Crippen LogP) is -0.130. The van der Waals surface area contributed by atoms with Crippen LogP contribution < -0.4 is 0 Å². The van der Waals surface area contributed by atoms with Crippen molar-refractivity contribution < 1.29 is 4.79 Å². The lowest BCUT2D eigenvalue weighted by atomic mass is 10.4. The lowest BCUT2D eigenvalue weighted by Gasteiger charge is -1.96. The second kappa shape index (κ2) is 3.10. The average Bonchev–Trinajstić information content (AvgIpc) is 2.71. The minimum absolute atomic E-state index is 0.440. The Morgan fingerprint density at radius 2 is 1.77 bits per heavy atom. The second-order valence-electron chi connectivity index (χ2n) is 2.30. The van der Waals surface area contributed by atoms with Crippen molar-refractivity contribution in [2.75, 3.05) is 0 Å². The monoisotopic (exact) mass is 175 g/mol. The molecule has 0 saturated carbocycles. The van der Waals surface area contributed by atoms with Crippen LogP contribution in [0.4, 0.5) is 0 Å². The van der Waals surface area contributed by atoms with Crippen LogP contribution in [0.1, 0.15) is 10.4 Å². The normalized spacial score (nSPS) is 9.85. The SMILES string of the molecule is O=Cc1cnc(-n2cnnc2)nc1. The van der Waals surface area contributed by atoms with Crippen LogP contribution in [-0.2, 0) is 0 Å². The van der Waals surface area contributed by atoms with Gasteiger partial charge in [0.15, 0.2) is 6.29 Å². The highest BCUT2D eigenvalue weighted by Crippen LogP contribution is 1.97. The first-order valence-electron chi connectivity index (χ1n) is 3.52. The summed E-state index contributed by atoms with van der Waals surface area (Å²) in [6, 6.07) is 0. The number of aromatic nitrogens is 5. The third-order valence-corrected chi connectivity index (χ3v) is 1.44. The molecule has 0 aromatic carbocycles. The van der Waals surface area contributed by atoms with Crippen molar-refractivity contribution in [1.29, 1.82) is 0 Å². The molecule has 2 aromatic heterocycles. The van der Waals surface area contributed by atoms with Gasteiger partial charge in [-0.2, -0.15) is 0 Å². The number of rotatable bonds is 2. The zero-order valence-corrected chi connectivity index (χ0v) is 6.53. The second-order valence-corrected chi connectivity index (χ2v) is 2.30. The first kappa shape index (κ1) is 7.53. The Hall–Kier alpha value is -2.11. The third kappa shape index (κ3) is 1.41. The maximum Gasteiger partial charge on any atom is 0.236 e. The molecule has 2 aromatic rings. The van der Waals surface area contributed by atoms with Crippen LogP contribution in [0.3, 0.4) is 0 Å². The molecule has 0 radical (unpaired) electrons. The van der Waals surface area contributed by atoms with Crippen LogP contribution in [0.2, 0.25) is 0 Å². The highest BCUT2D eigenvalue weighted by atomic mass is 16.1. The summed E-state index contributed by atoms with van der Waals surface area (Å²) in [6.07, 6.45) is 6.53. The van der Waals surface area contributed by atoms with E-state index in [2.05, 4.69) is 20.2 Å². The maximum absolute atomic E-state index is 10.3. The summed E-state index contributed by atoms with van der Waals surface area (Å²) in [6.45, 7) is 0. The first-order chi connectivity index (χ1) is 6.40. The van der Waals surface area contributed by atoms with Gasteiger partial charge in [-0.15, -0.1) is 10.2 Å². The van der Waals surface area contributed by atoms with Gasteiger partial charge in [-0.05, 0) is 0 Å². The lowest BCUT2D eigenvalue weighted by Crippen LogP contribution is -1.98. The number of hydrogen-bond acceptors (Lipinski definition) is 5. The Morgan fingerprint density at radius 3 is 2.31 bits per heavy atom. The van der Waals surface area contributed by atoms with E-state index in [0.717, 1.165) is 0 Å². The van der Waals surface area contributed by atoms with Crippen molar-refractivity contribution in [3.05, 3.63) is 30.6 Å². The van der Waals surface area contributed by atoms with Crippen LogP contribution in [-0.4, -0.2) is 31.0 Å². The van der Waals surface area contributed by atoms with E-state index in [1.807, 2.05) is 0 Å². The van der Waals surface area contributed by atoms with E-state index in [4.69, 9.17) is 0 Å². The highest BCUT2D eigenvalue weighted by molar-refractivity contribution is 5.73. The minimum Gasteiger partial charge on any atom is -0.298 e. The summed E-state index contributed by atoms with van der Waals surface area (Å²) in [5.41, 5.74) is 0.442. The Morgan fingerprint density at radius 1 is 1.15 bits per heavy atom. The van der Waals surface area contributed by atoms with Gasteiger partial charge in [-0.3, -0.25) is 9.36 Å². The molecule has 2 rings (SSSR count). The van der Waals surface area contributed by atoms with Crippen molar-refractivity contribution in [3.8, 4) is 5.95 Å². The Balaban J connectivity index is 2.38. The van der Waals surface area contributed by atoms with E-state index in [-0.39, 0.29) is 0 Å². The molecule has 0 spiro atoms. The van der Waals surface area contributed by atoms with Crippen molar-refractivity contribution in [2.24, 2.45) is 0 Å². The summed E-state index contributed by atoms with van der Waals surface area (Å²) in [5, 5.41) is 7.21. The summed E-state index contributed by atoms with van der Waals surface area (Å²) < 4.78 is 1.55. The standard InChI is InChI=1S/C7H5N5O/c13-3-6-1-8-7(9-2-6)12-4-10-11-5-12/h1-5H. The summed E-state index contributed by atoms with van der Waals surface area (Å²) in [7, 11) is 0. The zero-order chi connectivity index (χ0) is 9.10. The van der Waals surface area contributed by atoms with E-state index in [0.29, 0.717) is 17.8 Å². The van der Waals surface area contributed by atoms with Gasteiger partial charge in [0, 0.05) is 12.4 Å². The van der Waals surface area contributed by atoms with E-state index in [1.165, 1.54) is 25.0 Å². The molecule has 0 atom stereocenters. The van der Waals surface area contributed by atoms with E-state index in [9.17, 15) is 4.79 Å². The lowest BCUT2D eigenvalue weighted by molar-refractivity contribution is 0.112. The Labute approximate surface area is 73.3 Å². The van der Waals surface area contributed by atoms with Crippen LogP contribution in [0.25, 0.3) is 5.95 Å². The topological polar surface area (TPSA) is 73.6 Å². The van der Waals surface area contributed by atoms with Gasteiger partial charge in [0.2, 0.25) is 5.95 Å². The predicted molar refractivity (Wildman–Crippen MR) is 42.3 cm³/mol. The van der Waals surface area contributed by atoms with E-state index >= 15 is 0 Å². The molecule has 6 heteroatoms. The van der Waals surface area contributed by atoms with Crippen molar-refractivity contribution in [3.63, 3.8) is 0 Å². The Bertz CT molecular complexity index is 393. The Kier molecular flexibility index (Phi) is 1.79. The molecule has 64 valence electrons. The van der Waals surface area contributed by atoms with Gasteiger partial charge in [0.05, 0.1) is 5.56 Å². The molecule has 0 bridgehead atoms. The molecule has 0 aliphatic rings. The van der Waals surface area contributed by atoms with Gasteiger partial charge >= 0.3 is 0 Å². The first-order valence-corrected chi connectivity index (χ1v) is 3.52. The van der Waals surface area contributed by atoms with Crippen molar-refractivity contribution in [1.82, 2.24) is 24.7 Å². The minimum atomic E-state index is 0.440. The van der Waals surface area contributed by atoms with E-state index in [1.54, 1.807) is 4.57 Å². The molecule has 2 heterocycles. The average molecular weight is 175 g/mol. The molecular formula is C7H5N5O. The smallest absolute Gasteiger partial charge is 0.236 e. The largest absolute Gasteiger partial charge is 0.298 e. The summed E-state index contributed by atoms with van der Waals surface area (Å²) >= 11 is 0. The zero-order valence-electron chi connectivity index (χ0n) is 6.53. The third-order valence-electron chi connectivity index (χ3n) is 1.44. The molecule has 0 N–H and O–H groups in total. The molecule has 0 amide bonds. The van der Waals surface area contributed by atoms with Crippen molar-refractivity contribution >= 4 is 6.29 Å². The van der Waals surface area contributed by atoms with Gasteiger partial charge in [-0.25, -0.2) is 9.97 Å². The number of carbonyl (C=O) groups excluding carboxylic acids is 1. The molecular weight excluding hydrogens is 170 g/mol. The quantitative estimate of drug-likeness (QED) is 0.594. The van der Waals surface area contributed by atoms with Crippen LogP contribution >= 0.6 is 0 Å². The number of hydrogen-bond donors (Lipinski definition) is 0. The van der Waals surface area contributed by atoms with Crippen LogP contribution in [0.15, 0.2) is 25.0 Å². The fraction of sp³-hybridized carbons (Fsp3) is 0. The van der Waals surface area contributed by atoms with Crippen LogP contribution in [0.5, 0.6) is 0 Å². The molecule has 0 aliphatic heterocycles. The van der Waals surface area contributed by atoms with Gasteiger partial charge in [-0.1, -0.05) is 0 Å². The van der Waals surface area contributed by atoms with Gasteiger partial charge < -0.3 is 0 Å². The fourth-order valence-corrected chi connectivity index (χ4v) is 0.829.